The van der Waals surface area contributed by atoms with Crippen LogP contribution in [0.5, 0.6) is 0 Å². The third-order valence-electron chi connectivity index (χ3n) is 4.44. The molecule has 0 saturated heterocycles. The summed E-state index contributed by atoms with van der Waals surface area (Å²) in [5.41, 5.74) is 3.05. The molecule has 126 valence electrons. The molecule has 1 amide bonds. The maximum absolute atomic E-state index is 12.6. The molecule has 0 saturated carbocycles. The Morgan fingerprint density at radius 1 is 1.12 bits per heavy atom. The molecule has 0 radical (unpaired) electrons. The van der Waals surface area contributed by atoms with Gasteiger partial charge in [0.15, 0.2) is 9.84 Å². The second-order valence-corrected chi connectivity index (χ2v) is 8.44. The number of amides is 1. The van der Waals surface area contributed by atoms with E-state index in [4.69, 9.17) is 0 Å². The fourth-order valence-corrected chi connectivity index (χ4v) is 4.38. The highest BCUT2D eigenvalue weighted by Gasteiger charge is 2.31. The van der Waals surface area contributed by atoms with E-state index in [9.17, 15) is 13.2 Å². The van der Waals surface area contributed by atoms with Crippen LogP contribution >= 0.6 is 0 Å². The number of sulfone groups is 1. The van der Waals surface area contributed by atoms with Crippen LogP contribution in [0.1, 0.15) is 24.5 Å². The summed E-state index contributed by atoms with van der Waals surface area (Å²) in [6.45, 7) is 3.90. The SMILES string of the molecule is Cc1ccc(S(=O)(=O)CCC(=O)N2c3ccccc3CC2C)cc1. The third-order valence-corrected chi connectivity index (χ3v) is 6.17. The zero-order chi connectivity index (χ0) is 17.3. The van der Waals surface area contributed by atoms with Gasteiger partial charge in [-0.3, -0.25) is 4.79 Å². The van der Waals surface area contributed by atoms with E-state index in [1.807, 2.05) is 38.1 Å². The lowest BCUT2D eigenvalue weighted by Crippen LogP contribution is -2.36. The fraction of sp³-hybridized carbons (Fsp3) is 0.316. The summed E-state index contributed by atoms with van der Waals surface area (Å²) in [6, 6.07) is 14.6. The standard InChI is InChI=1S/C19H21NO3S/c1-14-7-9-17(10-8-14)24(22,23)12-11-19(21)20-15(2)13-16-5-3-4-6-18(16)20/h3-10,15H,11-13H2,1-2H3. The Balaban J connectivity index is 1.73. The van der Waals surface area contributed by atoms with E-state index in [2.05, 4.69) is 0 Å². The van der Waals surface area contributed by atoms with Gasteiger partial charge in [-0.1, -0.05) is 35.9 Å². The van der Waals surface area contributed by atoms with Gasteiger partial charge in [-0.15, -0.1) is 0 Å². The smallest absolute Gasteiger partial charge is 0.228 e. The predicted octanol–water partition coefficient (Wildman–Crippen LogP) is 3.14. The highest BCUT2D eigenvalue weighted by atomic mass is 32.2. The topological polar surface area (TPSA) is 54.5 Å². The van der Waals surface area contributed by atoms with Crippen LogP contribution in [0.15, 0.2) is 53.4 Å². The number of nitrogens with zero attached hydrogens (tertiary/aromatic N) is 1. The van der Waals surface area contributed by atoms with Crippen LogP contribution in [0.2, 0.25) is 0 Å². The molecule has 24 heavy (non-hydrogen) atoms. The van der Waals surface area contributed by atoms with Gasteiger partial charge >= 0.3 is 0 Å². The van der Waals surface area contributed by atoms with Crippen molar-refractivity contribution in [3.8, 4) is 0 Å². The predicted molar refractivity (Wildman–Crippen MR) is 94.9 cm³/mol. The number of carbonyl (C=O) groups excluding carboxylic acids is 1. The van der Waals surface area contributed by atoms with Crippen molar-refractivity contribution in [3.63, 3.8) is 0 Å². The molecule has 2 aromatic carbocycles. The minimum Gasteiger partial charge on any atom is -0.309 e. The Bertz CT molecular complexity index is 856. The monoisotopic (exact) mass is 343 g/mol. The van der Waals surface area contributed by atoms with Crippen molar-refractivity contribution in [2.75, 3.05) is 10.7 Å². The van der Waals surface area contributed by atoms with Crippen LogP contribution in [0.3, 0.4) is 0 Å². The van der Waals surface area contributed by atoms with Gasteiger partial charge in [-0.2, -0.15) is 0 Å². The number of fused-ring (bicyclic) bond motifs is 1. The quantitative estimate of drug-likeness (QED) is 0.857. The molecule has 0 spiro atoms. The number of hydrogen-bond acceptors (Lipinski definition) is 3. The molecule has 1 aliphatic heterocycles. The maximum Gasteiger partial charge on any atom is 0.228 e. The van der Waals surface area contributed by atoms with E-state index >= 15 is 0 Å². The number of carbonyl (C=O) groups is 1. The summed E-state index contributed by atoms with van der Waals surface area (Å²) in [5, 5.41) is 0. The summed E-state index contributed by atoms with van der Waals surface area (Å²) in [5.74, 6) is -0.302. The summed E-state index contributed by atoms with van der Waals surface area (Å²) in [6.07, 6.45) is 0.807. The van der Waals surface area contributed by atoms with Crippen LogP contribution < -0.4 is 4.90 Å². The van der Waals surface area contributed by atoms with Crippen molar-refractivity contribution in [2.24, 2.45) is 0 Å². The van der Waals surface area contributed by atoms with Crippen LogP contribution in [0.25, 0.3) is 0 Å². The molecule has 0 bridgehead atoms. The molecule has 0 N–H and O–H groups in total. The first-order valence-corrected chi connectivity index (χ1v) is 9.73. The molecule has 2 aromatic rings. The first-order chi connectivity index (χ1) is 11.4. The largest absolute Gasteiger partial charge is 0.309 e. The van der Waals surface area contributed by atoms with Crippen LogP contribution in [0, 0.1) is 6.92 Å². The van der Waals surface area contributed by atoms with E-state index in [1.165, 1.54) is 0 Å². The van der Waals surface area contributed by atoms with Crippen molar-refractivity contribution in [1.29, 1.82) is 0 Å². The molecule has 1 heterocycles. The number of para-hydroxylation sites is 1. The minimum atomic E-state index is -3.44. The van der Waals surface area contributed by atoms with Gasteiger partial charge in [-0.25, -0.2) is 8.42 Å². The summed E-state index contributed by atoms with van der Waals surface area (Å²) in [4.78, 5) is 14.6. The molecule has 0 aliphatic carbocycles. The summed E-state index contributed by atoms with van der Waals surface area (Å²) < 4.78 is 24.8. The van der Waals surface area contributed by atoms with Crippen LogP contribution in [0.4, 0.5) is 5.69 Å². The molecular formula is C19H21NO3S. The Morgan fingerprint density at radius 2 is 1.79 bits per heavy atom. The van der Waals surface area contributed by atoms with Gasteiger partial charge in [0.05, 0.1) is 10.6 Å². The molecule has 4 nitrogen and oxygen atoms in total. The molecule has 1 unspecified atom stereocenters. The van der Waals surface area contributed by atoms with E-state index in [1.54, 1.807) is 29.2 Å². The second kappa shape index (κ2) is 6.40. The molecule has 0 aromatic heterocycles. The highest BCUT2D eigenvalue weighted by molar-refractivity contribution is 7.91. The lowest BCUT2D eigenvalue weighted by Gasteiger charge is -2.22. The van der Waals surface area contributed by atoms with E-state index < -0.39 is 9.84 Å². The Hall–Kier alpha value is -2.14. The van der Waals surface area contributed by atoms with E-state index in [0.717, 1.165) is 23.2 Å². The van der Waals surface area contributed by atoms with Gasteiger partial charge in [0.2, 0.25) is 5.91 Å². The molecule has 0 fully saturated rings. The first kappa shape index (κ1) is 16.7. The summed E-state index contributed by atoms with van der Waals surface area (Å²) >= 11 is 0. The van der Waals surface area contributed by atoms with Crippen molar-refractivity contribution in [3.05, 3.63) is 59.7 Å². The molecule has 5 heteroatoms. The Labute approximate surface area is 143 Å². The van der Waals surface area contributed by atoms with Crippen LogP contribution in [-0.4, -0.2) is 26.1 Å². The van der Waals surface area contributed by atoms with Crippen molar-refractivity contribution in [2.45, 2.75) is 37.6 Å². The number of benzene rings is 2. The minimum absolute atomic E-state index is 0.00508. The van der Waals surface area contributed by atoms with Crippen molar-refractivity contribution >= 4 is 21.4 Å². The lowest BCUT2D eigenvalue weighted by molar-refractivity contribution is -0.118. The lowest BCUT2D eigenvalue weighted by atomic mass is 10.1. The van der Waals surface area contributed by atoms with Gasteiger partial charge in [0, 0.05) is 18.2 Å². The highest BCUT2D eigenvalue weighted by Crippen LogP contribution is 2.32. The van der Waals surface area contributed by atoms with Crippen LogP contribution in [-0.2, 0) is 21.1 Å². The zero-order valence-electron chi connectivity index (χ0n) is 13.9. The third kappa shape index (κ3) is 3.22. The average molecular weight is 343 g/mol. The molecular weight excluding hydrogens is 322 g/mol. The normalized spacial score (nSPS) is 16.9. The molecule has 1 aliphatic rings. The number of anilines is 1. The summed E-state index contributed by atoms with van der Waals surface area (Å²) in [7, 11) is -3.44. The fourth-order valence-electron chi connectivity index (χ4n) is 3.15. The average Bonchev–Trinajstić information content (AvgIpc) is 2.89. The van der Waals surface area contributed by atoms with Gasteiger partial charge in [0.25, 0.3) is 0 Å². The first-order valence-electron chi connectivity index (χ1n) is 8.08. The number of rotatable bonds is 4. The molecule has 1 atom stereocenters. The van der Waals surface area contributed by atoms with E-state index in [-0.39, 0.29) is 29.0 Å². The van der Waals surface area contributed by atoms with Crippen molar-refractivity contribution < 1.29 is 13.2 Å². The van der Waals surface area contributed by atoms with Gasteiger partial charge in [0.1, 0.15) is 0 Å². The van der Waals surface area contributed by atoms with Crippen molar-refractivity contribution in [1.82, 2.24) is 0 Å². The second-order valence-electron chi connectivity index (χ2n) is 6.33. The Kier molecular flexibility index (Phi) is 4.45. The zero-order valence-corrected chi connectivity index (χ0v) is 14.7. The molecule has 3 rings (SSSR count). The van der Waals surface area contributed by atoms with Gasteiger partial charge < -0.3 is 4.90 Å². The van der Waals surface area contributed by atoms with E-state index in [0.29, 0.717) is 0 Å². The number of hydrogen-bond donors (Lipinski definition) is 0. The number of aryl methyl sites for hydroxylation is 1. The maximum atomic E-state index is 12.6. The Morgan fingerprint density at radius 3 is 2.50 bits per heavy atom. The van der Waals surface area contributed by atoms with Gasteiger partial charge in [-0.05, 0) is 44.0 Å².